The lowest BCUT2D eigenvalue weighted by atomic mass is 10.1. The quantitative estimate of drug-likeness (QED) is 0.813. The molecule has 0 bridgehead atoms. The maximum atomic E-state index is 12.2. The first-order valence-corrected chi connectivity index (χ1v) is 8.66. The van der Waals surface area contributed by atoms with Crippen LogP contribution in [0.5, 0.6) is 0 Å². The Morgan fingerprint density at radius 3 is 2.23 bits per heavy atom. The van der Waals surface area contributed by atoms with Gasteiger partial charge in [-0.1, -0.05) is 18.2 Å². The Balaban J connectivity index is 0.00000169. The summed E-state index contributed by atoms with van der Waals surface area (Å²) in [6.45, 7) is 5.58. The molecule has 3 rings (SSSR count). The van der Waals surface area contributed by atoms with Gasteiger partial charge < -0.3 is 14.9 Å². The second-order valence-corrected chi connectivity index (χ2v) is 6.58. The van der Waals surface area contributed by atoms with E-state index < -0.39 is 5.97 Å². The second kappa shape index (κ2) is 10.6. The first-order valence-electron chi connectivity index (χ1n) is 8.66. The molecule has 0 aliphatic carbocycles. The Kier molecular flexibility index (Phi) is 9.19. The molecule has 2 aliphatic rings. The van der Waals surface area contributed by atoms with Crippen LogP contribution in [0.15, 0.2) is 30.3 Å². The third kappa shape index (κ3) is 5.76. The minimum atomic E-state index is -0.790. The number of aliphatic carboxylic acids is 1. The van der Waals surface area contributed by atoms with Gasteiger partial charge in [-0.05, 0) is 18.6 Å². The summed E-state index contributed by atoms with van der Waals surface area (Å²) in [5, 5.41) is 9.01. The maximum absolute atomic E-state index is 12.2. The summed E-state index contributed by atoms with van der Waals surface area (Å²) in [5.74, 6) is -1.09. The van der Waals surface area contributed by atoms with Crippen LogP contribution in [-0.4, -0.2) is 72.6 Å². The molecule has 1 aromatic carbocycles. The molecule has 2 saturated heterocycles. The molecule has 2 fully saturated rings. The third-order valence-corrected chi connectivity index (χ3v) is 5.03. The minimum Gasteiger partial charge on any atom is -0.481 e. The van der Waals surface area contributed by atoms with Gasteiger partial charge in [-0.2, -0.15) is 0 Å². The normalized spacial score (nSPS) is 20.2. The molecule has 1 N–H and O–H groups in total. The average molecular weight is 404 g/mol. The number of halogens is 2. The van der Waals surface area contributed by atoms with Crippen LogP contribution < -0.4 is 4.90 Å². The first kappa shape index (κ1) is 22.5. The molecule has 0 saturated carbocycles. The van der Waals surface area contributed by atoms with E-state index in [0.717, 1.165) is 32.7 Å². The van der Waals surface area contributed by atoms with Crippen LogP contribution in [0.1, 0.15) is 12.8 Å². The van der Waals surface area contributed by atoms with E-state index in [0.29, 0.717) is 25.9 Å². The summed E-state index contributed by atoms with van der Waals surface area (Å²) >= 11 is 0. The number of carbonyl (C=O) groups is 2. The van der Waals surface area contributed by atoms with Gasteiger partial charge in [0.05, 0.1) is 5.92 Å². The number of rotatable bonds is 5. The van der Waals surface area contributed by atoms with Gasteiger partial charge in [-0.3, -0.25) is 14.5 Å². The van der Waals surface area contributed by atoms with Crippen LogP contribution in [0.25, 0.3) is 0 Å². The van der Waals surface area contributed by atoms with Gasteiger partial charge in [0.2, 0.25) is 5.91 Å². The topological polar surface area (TPSA) is 64.1 Å². The van der Waals surface area contributed by atoms with Crippen LogP contribution >= 0.6 is 24.8 Å². The zero-order valence-electron chi connectivity index (χ0n) is 14.7. The number of carbonyl (C=O) groups excluding carboxylic acids is 1. The van der Waals surface area contributed by atoms with Crippen molar-refractivity contribution in [3.05, 3.63) is 30.3 Å². The number of nitrogens with zero attached hydrogens (tertiary/aromatic N) is 3. The number of para-hydroxylation sites is 1. The SMILES string of the molecule is Cl.Cl.O=C(O)C1CCN(C(=O)CCN2CCN(c3ccccc3)CC2)C1. The number of amides is 1. The Morgan fingerprint density at radius 1 is 1.00 bits per heavy atom. The third-order valence-electron chi connectivity index (χ3n) is 5.03. The zero-order valence-corrected chi connectivity index (χ0v) is 16.4. The number of benzene rings is 1. The maximum Gasteiger partial charge on any atom is 0.308 e. The van der Waals surface area contributed by atoms with E-state index in [2.05, 4.69) is 34.1 Å². The number of carboxylic acids is 1. The van der Waals surface area contributed by atoms with Crippen molar-refractivity contribution >= 4 is 42.4 Å². The summed E-state index contributed by atoms with van der Waals surface area (Å²) < 4.78 is 0. The van der Waals surface area contributed by atoms with E-state index in [4.69, 9.17) is 5.11 Å². The molecule has 1 atom stereocenters. The monoisotopic (exact) mass is 403 g/mol. The largest absolute Gasteiger partial charge is 0.481 e. The molecule has 26 heavy (non-hydrogen) atoms. The molecule has 0 spiro atoms. The minimum absolute atomic E-state index is 0. The average Bonchev–Trinajstić information content (AvgIpc) is 3.11. The molecule has 2 aliphatic heterocycles. The Morgan fingerprint density at radius 2 is 1.65 bits per heavy atom. The highest BCUT2D eigenvalue weighted by Crippen LogP contribution is 2.18. The van der Waals surface area contributed by atoms with Gasteiger partial charge in [0.15, 0.2) is 0 Å². The number of piperazine rings is 1. The molecule has 8 heteroatoms. The van der Waals surface area contributed by atoms with E-state index in [1.54, 1.807) is 4.90 Å². The summed E-state index contributed by atoms with van der Waals surface area (Å²) in [6, 6.07) is 10.4. The molecule has 1 amide bonds. The number of hydrogen-bond acceptors (Lipinski definition) is 4. The Bertz CT molecular complexity index is 580. The van der Waals surface area contributed by atoms with Crippen molar-refractivity contribution in [2.45, 2.75) is 12.8 Å². The van der Waals surface area contributed by atoms with Gasteiger partial charge in [0.25, 0.3) is 0 Å². The number of likely N-dealkylation sites (tertiary alicyclic amines) is 1. The smallest absolute Gasteiger partial charge is 0.308 e. The summed E-state index contributed by atoms with van der Waals surface area (Å²) in [6.07, 6.45) is 1.06. The summed E-state index contributed by atoms with van der Waals surface area (Å²) in [7, 11) is 0. The zero-order chi connectivity index (χ0) is 16.9. The molecular weight excluding hydrogens is 377 g/mol. The van der Waals surface area contributed by atoms with E-state index in [-0.39, 0.29) is 36.6 Å². The molecule has 1 aromatic rings. The van der Waals surface area contributed by atoms with Gasteiger partial charge >= 0.3 is 5.97 Å². The van der Waals surface area contributed by atoms with Crippen molar-refractivity contribution in [3.63, 3.8) is 0 Å². The van der Waals surface area contributed by atoms with Crippen molar-refractivity contribution in [3.8, 4) is 0 Å². The lowest BCUT2D eigenvalue weighted by Crippen LogP contribution is -2.47. The predicted molar refractivity (Wildman–Crippen MR) is 107 cm³/mol. The molecule has 1 unspecified atom stereocenters. The van der Waals surface area contributed by atoms with E-state index in [1.165, 1.54) is 5.69 Å². The molecule has 0 radical (unpaired) electrons. The standard InChI is InChI=1S/C18H25N3O3.2ClH/c22-17(21-9-6-15(14-21)18(23)24)7-8-19-10-12-20(13-11-19)16-4-2-1-3-5-16;;/h1-5,15H,6-14H2,(H,23,24);2*1H. The Hall–Kier alpha value is -1.50. The van der Waals surface area contributed by atoms with Crippen LogP contribution in [-0.2, 0) is 9.59 Å². The van der Waals surface area contributed by atoms with Crippen molar-refractivity contribution in [2.75, 3.05) is 50.7 Å². The lowest BCUT2D eigenvalue weighted by molar-refractivity contribution is -0.141. The van der Waals surface area contributed by atoms with Crippen molar-refractivity contribution in [2.24, 2.45) is 5.92 Å². The summed E-state index contributed by atoms with van der Waals surface area (Å²) in [5.41, 5.74) is 1.25. The fourth-order valence-corrected chi connectivity index (χ4v) is 3.47. The van der Waals surface area contributed by atoms with Crippen molar-refractivity contribution in [1.29, 1.82) is 0 Å². The predicted octanol–water partition coefficient (Wildman–Crippen LogP) is 1.98. The van der Waals surface area contributed by atoms with E-state index in [9.17, 15) is 9.59 Å². The molecule has 0 aromatic heterocycles. The molecule has 2 heterocycles. The van der Waals surface area contributed by atoms with Crippen molar-refractivity contribution in [1.82, 2.24) is 9.80 Å². The van der Waals surface area contributed by atoms with Crippen LogP contribution in [0.4, 0.5) is 5.69 Å². The fourth-order valence-electron chi connectivity index (χ4n) is 3.47. The highest BCUT2D eigenvalue weighted by atomic mass is 35.5. The van der Waals surface area contributed by atoms with E-state index >= 15 is 0 Å². The van der Waals surface area contributed by atoms with Crippen LogP contribution in [0.3, 0.4) is 0 Å². The van der Waals surface area contributed by atoms with Crippen molar-refractivity contribution < 1.29 is 14.7 Å². The number of carboxylic acid groups (broad SMARTS) is 1. The fraction of sp³-hybridized carbons (Fsp3) is 0.556. The number of anilines is 1. The van der Waals surface area contributed by atoms with Gasteiger partial charge in [0.1, 0.15) is 0 Å². The molecule has 146 valence electrons. The van der Waals surface area contributed by atoms with E-state index in [1.807, 2.05) is 6.07 Å². The highest BCUT2D eigenvalue weighted by Gasteiger charge is 2.30. The first-order chi connectivity index (χ1) is 11.6. The number of hydrogen-bond donors (Lipinski definition) is 1. The second-order valence-electron chi connectivity index (χ2n) is 6.58. The van der Waals surface area contributed by atoms with Crippen LogP contribution in [0, 0.1) is 5.92 Å². The summed E-state index contributed by atoms with van der Waals surface area (Å²) in [4.78, 5) is 29.6. The molecular formula is C18H27Cl2N3O3. The Labute approximate surface area is 167 Å². The van der Waals surface area contributed by atoms with Gasteiger partial charge in [-0.25, -0.2) is 0 Å². The van der Waals surface area contributed by atoms with Crippen LogP contribution in [0.2, 0.25) is 0 Å². The van der Waals surface area contributed by atoms with Gasteiger partial charge in [-0.15, -0.1) is 24.8 Å². The van der Waals surface area contributed by atoms with Gasteiger partial charge in [0, 0.05) is 57.9 Å². The lowest BCUT2D eigenvalue weighted by Gasteiger charge is -2.36. The highest BCUT2D eigenvalue weighted by molar-refractivity contribution is 5.85. The molecule has 6 nitrogen and oxygen atoms in total.